The standard InChI is InChI=1S/C15H20Cl2N2O/c1-9-2-4-10(5-3-9)8-19-15(20)12-6-11(18)7-13(16)14(12)17/h6-7,9-10H,2-5,8,18H2,1H3,(H,19,20). The first kappa shape index (κ1) is 15.5. The SMILES string of the molecule is CC1CCC(CNC(=O)c2cc(N)cc(Cl)c2Cl)CC1. The van der Waals surface area contributed by atoms with Gasteiger partial charge in [0.2, 0.25) is 0 Å². The van der Waals surface area contributed by atoms with Crippen molar-refractivity contribution in [3.8, 4) is 0 Å². The minimum absolute atomic E-state index is 0.206. The van der Waals surface area contributed by atoms with Gasteiger partial charge in [-0.15, -0.1) is 0 Å². The van der Waals surface area contributed by atoms with Gasteiger partial charge in [0.1, 0.15) is 0 Å². The minimum atomic E-state index is -0.206. The summed E-state index contributed by atoms with van der Waals surface area (Å²) in [5.41, 5.74) is 6.49. The predicted octanol–water partition coefficient (Wildman–Crippen LogP) is 4.13. The average molecular weight is 315 g/mol. The van der Waals surface area contributed by atoms with Crippen molar-refractivity contribution in [2.75, 3.05) is 12.3 Å². The summed E-state index contributed by atoms with van der Waals surface area (Å²) in [6.07, 6.45) is 4.83. The first-order chi connectivity index (χ1) is 9.47. The van der Waals surface area contributed by atoms with Crippen LogP contribution in [0.15, 0.2) is 12.1 Å². The molecule has 0 aliphatic heterocycles. The molecule has 1 amide bonds. The van der Waals surface area contributed by atoms with Crippen LogP contribution < -0.4 is 11.1 Å². The summed E-state index contributed by atoms with van der Waals surface area (Å²) >= 11 is 12.0. The number of nitrogens with one attached hydrogen (secondary N) is 1. The number of carbonyl (C=O) groups excluding carboxylic acids is 1. The van der Waals surface area contributed by atoms with Gasteiger partial charge in [0.25, 0.3) is 5.91 Å². The van der Waals surface area contributed by atoms with Crippen LogP contribution in [-0.2, 0) is 0 Å². The van der Waals surface area contributed by atoms with Crippen LogP contribution in [0.1, 0.15) is 43.0 Å². The molecular weight excluding hydrogens is 295 g/mol. The molecule has 2 rings (SSSR count). The second-order valence-electron chi connectivity index (χ2n) is 5.70. The largest absolute Gasteiger partial charge is 0.399 e. The topological polar surface area (TPSA) is 55.1 Å². The van der Waals surface area contributed by atoms with Gasteiger partial charge in [-0.25, -0.2) is 0 Å². The Morgan fingerprint density at radius 1 is 1.30 bits per heavy atom. The van der Waals surface area contributed by atoms with Gasteiger partial charge in [0.05, 0.1) is 15.6 Å². The molecule has 110 valence electrons. The molecule has 1 aliphatic rings. The maximum Gasteiger partial charge on any atom is 0.252 e. The van der Waals surface area contributed by atoms with E-state index < -0.39 is 0 Å². The molecule has 0 atom stereocenters. The number of hydrogen-bond donors (Lipinski definition) is 2. The number of amides is 1. The lowest BCUT2D eigenvalue weighted by Crippen LogP contribution is -2.31. The highest BCUT2D eigenvalue weighted by atomic mass is 35.5. The number of nitrogen functional groups attached to an aromatic ring is 1. The molecule has 1 aliphatic carbocycles. The molecule has 1 saturated carbocycles. The van der Waals surface area contributed by atoms with Gasteiger partial charge in [-0.3, -0.25) is 4.79 Å². The van der Waals surface area contributed by atoms with Crippen molar-refractivity contribution in [2.45, 2.75) is 32.6 Å². The zero-order chi connectivity index (χ0) is 14.7. The van der Waals surface area contributed by atoms with Gasteiger partial charge in [-0.2, -0.15) is 0 Å². The van der Waals surface area contributed by atoms with Gasteiger partial charge in [0, 0.05) is 12.2 Å². The Morgan fingerprint density at radius 2 is 1.95 bits per heavy atom. The molecule has 1 aromatic carbocycles. The molecular formula is C15H20Cl2N2O. The molecule has 20 heavy (non-hydrogen) atoms. The Bertz CT molecular complexity index is 497. The molecule has 0 spiro atoms. The number of benzene rings is 1. The highest BCUT2D eigenvalue weighted by Gasteiger charge is 2.20. The summed E-state index contributed by atoms with van der Waals surface area (Å²) in [4.78, 5) is 12.2. The second-order valence-corrected chi connectivity index (χ2v) is 6.49. The summed E-state index contributed by atoms with van der Waals surface area (Å²) in [5, 5.41) is 3.51. The van der Waals surface area contributed by atoms with Crippen molar-refractivity contribution >= 4 is 34.8 Å². The molecule has 1 aromatic rings. The fourth-order valence-electron chi connectivity index (χ4n) is 2.64. The van der Waals surface area contributed by atoms with E-state index >= 15 is 0 Å². The Morgan fingerprint density at radius 3 is 2.60 bits per heavy atom. The van der Waals surface area contributed by atoms with E-state index in [9.17, 15) is 4.79 Å². The van der Waals surface area contributed by atoms with Crippen LogP contribution >= 0.6 is 23.2 Å². The maximum absolute atomic E-state index is 12.2. The normalized spacial score (nSPS) is 22.6. The van der Waals surface area contributed by atoms with E-state index in [-0.39, 0.29) is 10.9 Å². The summed E-state index contributed by atoms with van der Waals surface area (Å²) in [6.45, 7) is 2.97. The number of rotatable bonds is 3. The first-order valence-electron chi connectivity index (χ1n) is 7.00. The molecule has 5 heteroatoms. The van der Waals surface area contributed by atoms with E-state index in [1.54, 1.807) is 12.1 Å². The van der Waals surface area contributed by atoms with E-state index in [0.29, 0.717) is 28.7 Å². The van der Waals surface area contributed by atoms with Crippen molar-refractivity contribution < 1.29 is 4.79 Å². The fraction of sp³-hybridized carbons (Fsp3) is 0.533. The molecule has 0 heterocycles. The smallest absolute Gasteiger partial charge is 0.252 e. The van der Waals surface area contributed by atoms with Crippen molar-refractivity contribution in [2.24, 2.45) is 11.8 Å². The van der Waals surface area contributed by atoms with E-state index in [0.717, 1.165) is 5.92 Å². The van der Waals surface area contributed by atoms with Gasteiger partial charge in [0.15, 0.2) is 0 Å². The molecule has 0 saturated heterocycles. The molecule has 3 nitrogen and oxygen atoms in total. The zero-order valence-electron chi connectivity index (χ0n) is 11.6. The summed E-state index contributed by atoms with van der Waals surface area (Å²) in [5.74, 6) is 1.16. The van der Waals surface area contributed by atoms with E-state index in [1.807, 2.05) is 0 Å². The van der Waals surface area contributed by atoms with Gasteiger partial charge in [-0.05, 0) is 36.8 Å². The quantitative estimate of drug-likeness (QED) is 0.824. The van der Waals surface area contributed by atoms with Crippen molar-refractivity contribution in [1.82, 2.24) is 5.32 Å². The number of carbonyl (C=O) groups is 1. The Labute approximate surface area is 129 Å². The van der Waals surface area contributed by atoms with Crippen molar-refractivity contribution in [3.63, 3.8) is 0 Å². The van der Waals surface area contributed by atoms with Gasteiger partial charge < -0.3 is 11.1 Å². The van der Waals surface area contributed by atoms with Crippen LogP contribution in [0.5, 0.6) is 0 Å². The number of halogens is 2. The highest BCUT2D eigenvalue weighted by molar-refractivity contribution is 6.44. The molecule has 0 aromatic heterocycles. The lowest BCUT2D eigenvalue weighted by Gasteiger charge is -2.26. The van der Waals surface area contributed by atoms with Crippen molar-refractivity contribution in [1.29, 1.82) is 0 Å². The lowest BCUT2D eigenvalue weighted by molar-refractivity contribution is 0.0942. The van der Waals surface area contributed by atoms with Crippen LogP contribution in [0.4, 0.5) is 5.69 Å². The third kappa shape index (κ3) is 3.80. The van der Waals surface area contributed by atoms with Gasteiger partial charge in [-0.1, -0.05) is 43.0 Å². The van der Waals surface area contributed by atoms with Crippen molar-refractivity contribution in [3.05, 3.63) is 27.7 Å². The first-order valence-corrected chi connectivity index (χ1v) is 7.75. The highest BCUT2D eigenvalue weighted by Crippen LogP contribution is 2.30. The monoisotopic (exact) mass is 314 g/mol. The van der Waals surface area contributed by atoms with Gasteiger partial charge >= 0.3 is 0 Å². The molecule has 1 fully saturated rings. The molecule has 0 bridgehead atoms. The van der Waals surface area contributed by atoms with E-state index in [1.165, 1.54) is 25.7 Å². The predicted molar refractivity (Wildman–Crippen MR) is 84.3 cm³/mol. The number of anilines is 1. The van der Waals surface area contributed by atoms with Crippen LogP contribution in [0, 0.1) is 11.8 Å². The summed E-state index contributed by atoms with van der Waals surface area (Å²) < 4.78 is 0. The van der Waals surface area contributed by atoms with E-state index in [2.05, 4.69) is 12.2 Å². The molecule has 0 unspecified atom stereocenters. The maximum atomic E-state index is 12.2. The van der Waals surface area contributed by atoms with Crippen LogP contribution in [0.2, 0.25) is 10.0 Å². The molecule has 0 radical (unpaired) electrons. The number of nitrogens with two attached hydrogens (primary N) is 1. The molecule has 3 N–H and O–H groups in total. The van der Waals surface area contributed by atoms with Crippen LogP contribution in [0.25, 0.3) is 0 Å². The summed E-state index contributed by atoms with van der Waals surface area (Å²) in [6, 6.07) is 3.11. The third-order valence-corrected chi connectivity index (χ3v) is 4.78. The lowest BCUT2D eigenvalue weighted by atomic mass is 9.83. The number of hydrogen-bond acceptors (Lipinski definition) is 2. The Balaban J connectivity index is 1.95. The summed E-state index contributed by atoms with van der Waals surface area (Å²) in [7, 11) is 0. The van der Waals surface area contributed by atoms with Crippen LogP contribution in [0.3, 0.4) is 0 Å². The third-order valence-electron chi connectivity index (χ3n) is 3.98. The Kier molecular flexibility index (Phi) is 5.17. The minimum Gasteiger partial charge on any atom is -0.399 e. The fourth-order valence-corrected chi connectivity index (χ4v) is 3.06. The second kappa shape index (κ2) is 6.68. The Hall–Kier alpha value is -0.930. The average Bonchev–Trinajstić information content (AvgIpc) is 2.42. The van der Waals surface area contributed by atoms with E-state index in [4.69, 9.17) is 28.9 Å². The zero-order valence-corrected chi connectivity index (χ0v) is 13.1. The van der Waals surface area contributed by atoms with Crippen LogP contribution in [-0.4, -0.2) is 12.5 Å².